The van der Waals surface area contributed by atoms with Crippen molar-refractivity contribution >= 4 is 0 Å². The Bertz CT molecular complexity index is 344. The van der Waals surface area contributed by atoms with Crippen LogP contribution < -0.4 is 5.73 Å². The zero-order chi connectivity index (χ0) is 13.5. The molecule has 1 aromatic carbocycles. The molecule has 19 heavy (non-hydrogen) atoms. The smallest absolute Gasteiger partial charge is 0.0208 e. The van der Waals surface area contributed by atoms with Gasteiger partial charge in [0.2, 0.25) is 0 Å². The summed E-state index contributed by atoms with van der Waals surface area (Å²) in [7, 11) is 2.22. The lowest BCUT2D eigenvalue weighted by Crippen LogP contribution is -2.39. The molecule has 0 aromatic heterocycles. The number of likely N-dealkylation sites (N-methyl/N-ethyl adjacent to an activating group) is 1. The van der Waals surface area contributed by atoms with E-state index in [1.165, 1.54) is 44.2 Å². The predicted molar refractivity (Wildman–Crippen MR) is 82.2 cm³/mol. The zero-order valence-electron chi connectivity index (χ0n) is 12.2. The monoisotopic (exact) mass is 260 g/mol. The van der Waals surface area contributed by atoms with Gasteiger partial charge in [-0.05, 0) is 37.8 Å². The summed E-state index contributed by atoms with van der Waals surface area (Å²) in [6.45, 7) is 2.23. The largest absolute Gasteiger partial charge is 0.326 e. The molecule has 1 atom stereocenters. The van der Waals surface area contributed by atoms with Gasteiger partial charge in [-0.3, -0.25) is 0 Å². The van der Waals surface area contributed by atoms with Gasteiger partial charge in [0, 0.05) is 19.1 Å². The maximum atomic E-state index is 6.27. The lowest BCUT2D eigenvalue weighted by Gasteiger charge is -2.28. The van der Waals surface area contributed by atoms with Crippen LogP contribution in [0.15, 0.2) is 30.3 Å². The fourth-order valence-electron chi connectivity index (χ4n) is 3.27. The van der Waals surface area contributed by atoms with Crippen LogP contribution in [0.3, 0.4) is 0 Å². The summed E-state index contributed by atoms with van der Waals surface area (Å²) in [5.41, 5.74) is 7.62. The number of benzene rings is 1. The van der Waals surface area contributed by atoms with E-state index in [-0.39, 0.29) is 6.04 Å². The molecule has 0 aliphatic heterocycles. The Kier molecular flexibility index (Phi) is 5.87. The van der Waals surface area contributed by atoms with Gasteiger partial charge in [0.15, 0.2) is 0 Å². The lowest BCUT2D eigenvalue weighted by molar-refractivity contribution is 0.224. The maximum absolute atomic E-state index is 6.27. The summed E-state index contributed by atoms with van der Waals surface area (Å²) < 4.78 is 0. The van der Waals surface area contributed by atoms with Crippen molar-refractivity contribution < 1.29 is 0 Å². The third-order valence-corrected chi connectivity index (χ3v) is 4.18. The molecule has 0 heterocycles. The molecule has 2 heteroatoms. The van der Waals surface area contributed by atoms with Crippen LogP contribution in [-0.4, -0.2) is 31.1 Å². The highest BCUT2D eigenvalue weighted by atomic mass is 15.1. The average molecular weight is 260 g/mol. The first kappa shape index (κ1) is 14.5. The first-order valence-electron chi connectivity index (χ1n) is 7.72. The van der Waals surface area contributed by atoms with E-state index in [1.54, 1.807) is 0 Å². The van der Waals surface area contributed by atoms with Gasteiger partial charge in [-0.15, -0.1) is 0 Å². The first-order chi connectivity index (χ1) is 9.24. The molecule has 1 aromatic rings. The van der Waals surface area contributed by atoms with Crippen LogP contribution in [0.1, 0.15) is 37.7 Å². The fourth-order valence-corrected chi connectivity index (χ4v) is 3.27. The highest BCUT2D eigenvalue weighted by Crippen LogP contribution is 2.24. The van der Waals surface area contributed by atoms with E-state index in [0.29, 0.717) is 0 Å². The van der Waals surface area contributed by atoms with Crippen LogP contribution >= 0.6 is 0 Å². The van der Waals surface area contributed by atoms with Crippen molar-refractivity contribution in [3.8, 4) is 0 Å². The van der Waals surface area contributed by atoms with Crippen molar-refractivity contribution in [1.82, 2.24) is 4.90 Å². The number of hydrogen-bond donors (Lipinski definition) is 1. The van der Waals surface area contributed by atoms with Crippen molar-refractivity contribution in [3.63, 3.8) is 0 Å². The lowest BCUT2D eigenvalue weighted by atomic mass is 9.89. The van der Waals surface area contributed by atoms with E-state index in [2.05, 4.69) is 42.3 Å². The highest BCUT2D eigenvalue weighted by molar-refractivity contribution is 5.15. The summed E-state index contributed by atoms with van der Waals surface area (Å²) >= 11 is 0. The summed E-state index contributed by atoms with van der Waals surface area (Å²) in [6, 6.07) is 10.8. The van der Waals surface area contributed by atoms with E-state index in [0.717, 1.165) is 18.9 Å². The van der Waals surface area contributed by atoms with E-state index < -0.39 is 0 Å². The van der Waals surface area contributed by atoms with Crippen molar-refractivity contribution in [1.29, 1.82) is 0 Å². The summed E-state index contributed by atoms with van der Waals surface area (Å²) in [6.07, 6.45) is 8.10. The Morgan fingerprint density at radius 3 is 2.53 bits per heavy atom. The molecule has 106 valence electrons. The van der Waals surface area contributed by atoms with Crippen LogP contribution in [0, 0.1) is 5.92 Å². The minimum atomic E-state index is 0.246. The zero-order valence-corrected chi connectivity index (χ0v) is 12.2. The van der Waals surface area contributed by atoms with Gasteiger partial charge in [0.05, 0.1) is 0 Å². The van der Waals surface area contributed by atoms with Crippen LogP contribution in [0.4, 0.5) is 0 Å². The maximum Gasteiger partial charge on any atom is 0.0208 e. The van der Waals surface area contributed by atoms with Gasteiger partial charge < -0.3 is 10.6 Å². The van der Waals surface area contributed by atoms with Crippen LogP contribution in [0.2, 0.25) is 0 Å². The third kappa shape index (κ3) is 5.33. The minimum absolute atomic E-state index is 0.246. The van der Waals surface area contributed by atoms with E-state index in [9.17, 15) is 0 Å². The summed E-state index contributed by atoms with van der Waals surface area (Å²) in [4.78, 5) is 2.43. The van der Waals surface area contributed by atoms with Crippen LogP contribution in [0.5, 0.6) is 0 Å². The SMILES string of the molecule is CN(CC(N)Cc1ccccc1)CC1CCCCC1. The number of nitrogens with zero attached hydrogens (tertiary/aromatic N) is 1. The van der Waals surface area contributed by atoms with Gasteiger partial charge in [0.25, 0.3) is 0 Å². The van der Waals surface area contributed by atoms with Crippen molar-refractivity contribution in [2.24, 2.45) is 11.7 Å². The molecule has 1 unspecified atom stereocenters. The van der Waals surface area contributed by atoms with Gasteiger partial charge in [-0.1, -0.05) is 49.6 Å². The van der Waals surface area contributed by atoms with Gasteiger partial charge >= 0.3 is 0 Å². The fraction of sp³-hybridized carbons (Fsp3) is 0.647. The molecule has 1 saturated carbocycles. The summed E-state index contributed by atoms with van der Waals surface area (Å²) in [5.74, 6) is 0.905. The molecule has 2 N–H and O–H groups in total. The molecular weight excluding hydrogens is 232 g/mol. The molecule has 1 fully saturated rings. The molecule has 1 aliphatic rings. The molecule has 0 saturated heterocycles. The van der Waals surface area contributed by atoms with Crippen LogP contribution in [0.25, 0.3) is 0 Å². The quantitative estimate of drug-likeness (QED) is 0.851. The van der Waals surface area contributed by atoms with E-state index >= 15 is 0 Å². The number of hydrogen-bond acceptors (Lipinski definition) is 2. The molecule has 2 rings (SSSR count). The molecular formula is C17H28N2. The van der Waals surface area contributed by atoms with Crippen molar-refractivity contribution in [3.05, 3.63) is 35.9 Å². The molecule has 1 aliphatic carbocycles. The first-order valence-corrected chi connectivity index (χ1v) is 7.72. The standard InChI is InChI=1S/C17H28N2/c1-19(13-16-10-6-3-7-11-16)14-17(18)12-15-8-4-2-5-9-15/h2,4-5,8-9,16-17H,3,6-7,10-14,18H2,1H3. The molecule has 0 amide bonds. The Morgan fingerprint density at radius 1 is 1.16 bits per heavy atom. The summed E-state index contributed by atoms with van der Waals surface area (Å²) in [5, 5.41) is 0. The molecule has 2 nitrogen and oxygen atoms in total. The Balaban J connectivity index is 1.70. The van der Waals surface area contributed by atoms with Gasteiger partial charge in [-0.2, -0.15) is 0 Å². The second-order valence-electron chi connectivity index (χ2n) is 6.18. The topological polar surface area (TPSA) is 29.3 Å². The predicted octanol–water partition coefficient (Wildman–Crippen LogP) is 3.07. The minimum Gasteiger partial charge on any atom is -0.326 e. The van der Waals surface area contributed by atoms with Crippen molar-refractivity contribution in [2.45, 2.75) is 44.6 Å². The second-order valence-corrected chi connectivity index (χ2v) is 6.18. The molecule has 0 radical (unpaired) electrons. The van der Waals surface area contributed by atoms with Gasteiger partial charge in [-0.25, -0.2) is 0 Å². The normalized spacial score (nSPS) is 18.7. The second kappa shape index (κ2) is 7.66. The van der Waals surface area contributed by atoms with Crippen molar-refractivity contribution in [2.75, 3.05) is 20.1 Å². The number of nitrogens with two attached hydrogens (primary N) is 1. The van der Waals surface area contributed by atoms with Crippen LogP contribution in [-0.2, 0) is 6.42 Å². The third-order valence-electron chi connectivity index (χ3n) is 4.18. The van der Waals surface area contributed by atoms with E-state index in [4.69, 9.17) is 5.73 Å². The Labute approximate surface area is 118 Å². The number of rotatable bonds is 6. The Hall–Kier alpha value is -0.860. The molecule has 0 bridgehead atoms. The van der Waals surface area contributed by atoms with E-state index in [1.807, 2.05) is 0 Å². The average Bonchev–Trinajstić information content (AvgIpc) is 2.40. The highest BCUT2D eigenvalue weighted by Gasteiger charge is 2.16. The molecule has 0 spiro atoms. The Morgan fingerprint density at radius 2 is 1.84 bits per heavy atom. The van der Waals surface area contributed by atoms with Gasteiger partial charge in [0.1, 0.15) is 0 Å².